The van der Waals surface area contributed by atoms with E-state index >= 15 is 0 Å². The fourth-order valence-corrected chi connectivity index (χ4v) is 4.43. The number of methoxy groups -OCH3 is 1. The van der Waals surface area contributed by atoms with Crippen LogP contribution in [0.5, 0.6) is 11.5 Å². The van der Waals surface area contributed by atoms with E-state index in [1.807, 2.05) is 18.2 Å². The average Bonchev–Trinajstić information content (AvgIpc) is 3.26. The number of nitrogens with one attached hydrogen (secondary N) is 1. The quantitative estimate of drug-likeness (QED) is 0.813. The van der Waals surface area contributed by atoms with Crippen molar-refractivity contribution < 1.29 is 14.3 Å². The van der Waals surface area contributed by atoms with E-state index in [9.17, 15) is 10.1 Å². The molecule has 0 aliphatic heterocycles. The molecule has 7 heteroatoms. The molecule has 156 valence electrons. The summed E-state index contributed by atoms with van der Waals surface area (Å²) >= 11 is 0. The second kappa shape index (κ2) is 8.31. The van der Waals surface area contributed by atoms with Crippen LogP contribution in [0.15, 0.2) is 24.4 Å². The van der Waals surface area contributed by atoms with Crippen LogP contribution < -0.4 is 14.8 Å². The van der Waals surface area contributed by atoms with Crippen molar-refractivity contribution in [3.8, 4) is 17.6 Å². The molecule has 1 unspecified atom stereocenters. The number of ether oxygens (including phenoxy) is 2. The number of hydrogen-bond acceptors (Lipinski definition) is 6. The summed E-state index contributed by atoms with van der Waals surface area (Å²) in [7, 11) is 1.64. The van der Waals surface area contributed by atoms with Gasteiger partial charge in [0.2, 0.25) is 11.9 Å². The van der Waals surface area contributed by atoms with E-state index < -0.39 is 5.41 Å². The van der Waals surface area contributed by atoms with Crippen molar-refractivity contribution in [1.29, 1.82) is 5.26 Å². The number of carbonyl (C=O) groups is 1. The van der Waals surface area contributed by atoms with Crippen molar-refractivity contribution in [2.24, 2.45) is 0 Å². The molecule has 2 aliphatic rings. The molecule has 1 saturated carbocycles. The minimum absolute atomic E-state index is 0.204. The number of nitrogens with zero attached hydrogens (tertiary/aromatic N) is 3. The highest BCUT2D eigenvalue weighted by Gasteiger charge is 2.38. The van der Waals surface area contributed by atoms with Crippen molar-refractivity contribution in [1.82, 2.24) is 9.97 Å². The van der Waals surface area contributed by atoms with Crippen molar-refractivity contribution in [2.75, 3.05) is 12.4 Å². The monoisotopic (exact) mass is 406 g/mol. The average molecular weight is 406 g/mol. The van der Waals surface area contributed by atoms with Crippen molar-refractivity contribution in [3.63, 3.8) is 0 Å². The second-order valence-electron chi connectivity index (χ2n) is 8.11. The highest BCUT2D eigenvalue weighted by molar-refractivity contribution is 5.86. The van der Waals surface area contributed by atoms with Crippen LogP contribution in [0.1, 0.15) is 55.8 Å². The first-order valence-electron chi connectivity index (χ1n) is 10.4. The van der Waals surface area contributed by atoms with Gasteiger partial charge in [0.25, 0.3) is 0 Å². The van der Waals surface area contributed by atoms with Crippen LogP contribution in [-0.4, -0.2) is 29.1 Å². The van der Waals surface area contributed by atoms with E-state index in [2.05, 4.69) is 21.4 Å². The summed E-state index contributed by atoms with van der Waals surface area (Å²) < 4.78 is 11.7. The van der Waals surface area contributed by atoms with Gasteiger partial charge in [0, 0.05) is 18.8 Å². The van der Waals surface area contributed by atoms with Crippen LogP contribution in [0, 0.1) is 11.3 Å². The molecule has 1 fully saturated rings. The zero-order valence-electron chi connectivity index (χ0n) is 17.4. The van der Waals surface area contributed by atoms with Crippen LogP contribution in [-0.2, 0) is 23.1 Å². The molecule has 30 heavy (non-hydrogen) atoms. The smallest absolute Gasteiger partial charge is 0.229 e. The van der Waals surface area contributed by atoms with Gasteiger partial charge in [0.15, 0.2) is 11.5 Å². The molecule has 0 saturated heterocycles. The number of aryl methyl sites for hydroxylation is 1. The molecule has 4 rings (SSSR count). The molecule has 1 heterocycles. The Hall–Kier alpha value is -3.14. The van der Waals surface area contributed by atoms with Gasteiger partial charge in [-0.05, 0) is 68.2 Å². The zero-order chi connectivity index (χ0) is 21.1. The minimum atomic E-state index is -0.675. The number of aromatic nitrogens is 2. The lowest BCUT2D eigenvalue weighted by Gasteiger charge is -2.32. The SMILES string of the molecule is COc1ccc(C2(C#N)CCc3nc(NC(C)=O)ncc3C2)cc1OC1CCCC1. The standard InChI is InChI=1S/C23H26N4O3/c1-15(28)26-22-25-13-16-12-23(14-24,10-9-19(16)27-22)17-7-8-20(29-2)21(11-17)30-18-5-3-4-6-18/h7-8,11,13,18H,3-6,9-10,12H2,1-2H3,(H,25,26,27,28). The first kappa shape index (κ1) is 20.1. The van der Waals surface area contributed by atoms with E-state index in [0.717, 1.165) is 29.7 Å². The van der Waals surface area contributed by atoms with Crippen LogP contribution in [0.3, 0.4) is 0 Å². The lowest BCUT2D eigenvalue weighted by Crippen LogP contribution is -2.33. The number of amides is 1. The van der Waals surface area contributed by atoms with Crippen LogP contribution >= 0.6 is 0 Å². The molecule has 0 radical (unpaired) electrons. The van der Waals surface area contributed by atoms with Crippen LogP contribution in [0.2, 0.25) is 0 Å². The van der Waals surface area contributed by atoms with Gasteiger partial charge in [0.1, 0.15) is 0 Å². The Kier molecular flexibility index (Phi) is 5.58. The van der Waals surface area contributed by atoms with Crippen molar-refractivity contribution in [3.05, 3.63) is 41.2 Å². The van der Waals surface area contributed by atoms with Crippen LogP contribution in [0.25, 0.3) is 0 Å². The Morgan fingerprint density at radius 1 is 1.30 bits per heavy atom. The summed E-state index contributed by atoms with van der Waals surface area (Å²) in [6.45, 7) is 1.43. The van der Waals surface area contributed by atoms with Gasteiger partial charge in [-0.2, -0.15) is 5.26 Å². The Morgan fingerprint density at radius 2 is 2.10 bits per heavy atom. The van der Waals surface area contributed by atoms with E-state index in [1.165, 1.54) is 19.8 Å². The molecule has 7 nitrogen and oxygen atoms in total. The summed E-state index contributed by atoms with van der Waals surface area (Å²) in [4.78, 5) is 20.0. The maximum absolute atomic E-state index is 11.3. The number of benzene rings is 1. The Bertz CT molecular complexity index is 994. The van der Waals surface area contributed by atoms with Gasteiger partial charge in [-0.15, -0.1) is 0 Å². The Labute approximate surface area is 176 Å². The molecule has 1 amide bonds. The summed E-state index contributed by atoms with van der Waals surface area (Å²) in [5, 5.41) is 12.8. The summed E-state index contributed by atoms with van der Waals surface area (Å²) in [5.74, 6) is 1.50. The predicted octanol–water partition coefficient (Wildman–Crippen LogP) is 3.72. The van der Waals surface area contributed by atoms with Gasteiger partial charge in [-0.25, -0.2) is 9.97 Å². The molecule has 0 spiro atoms. The fourth-order valence-electron chi connectivity index (χ4n) is 4.43. The normalized spacial score (nSPS) is 20.8. The topological polar surface area (TPSA) is 97.1 Å². The highest BCUT2D eigenvalue weighted by Crippen LogP contribution is 2.41. The third kappa shape index (κ3) is 3.95. The largest absolute Gasteiger partial charge is 0.493 e. The lowest BCUT2D eigenvalue weighted by molar-refractivity contribution is -0.114. The first-order chi connectivity index (χ1) is 14.5. The third-order valence-electron chi connectivity index (χ3n) is 6.05. The fraction of sp³-hybridized carbons (Fsp3) is 0.478. The van der Waals surface area contributed by atoms with Gasteiger partial charge < -0.3 is 9.47 Å². The van der Waals surface area contributed by atoms with Gasteiger partial charge >= 0.3 is 0 Å². The van der Waals surface area contributed by atoms with Crippen molar-refractivity contribution >= 4 is 11.9 Å². The number of anilines is 1. The highest BCUT2D eigenvalue weighted by atomic mass is 16.5. The number of fused-ring (bicyclic) bond motifs is 1. The third-order valence-corrected chi connectivity index (χ3v) is 6.05. The van der Waals surface area contributed by atoms with E-state index in [4.69, 9.17) is 9.47 Å². The molecular weight excluding hydrogens is 380 g/mol. The van der Waals surface area contributed by atoms with Gasteiger partial charge in [0.05, 0.1) is 24.7 Å². The molecule has 1 aromatic carbocycles. The molecule has 0 bridgehead atoms. The van der Waals surface area contributed by atoms with E-state index in [1.54, 1.807) is 13.3 Å². The lowest BCUT2D eigenvalue weighted by atomic mass is 9.69. The van der Waals surface area contributed by atoms with Crippen molar-refractivity contribution in [2.45, 2.75) is 63.4 Å². The Balaban J connectivity index is 1.63. The molecule has 1 atom stereocenters. The molecule has 2 aromatic rings. The number of nitriles is 1. The second-order valence-corrected chi connectivity index (χ2v) is 8.11. The van der Waals surface area contributed by atoms with E-state index in [-0.39, 0.29) is 12.0 Å². The van der Waals surface area contributed by atoms with E-state index in [0.29, 0.717) is 36.7 Å². The molecule has 2 aliphatic carbocycles. The van der Waals surface area contributed by atoms with Crippen LogP contribution in [0.4, 0.5) is 5.95 Å². The van der Waals surface area contributed by atoms with Gasteiger partial charge in [-0.3, -0.25) is 10.1 Å². The zero-order valence-corrected chi connectivity index (χ0v) is 17.4. The summed E-state index contributed by atoms with van der Waals surface area (Å²) in [6, 6.07) is 8.38. The molecule has 1 aromatic heterocycles. The minimum Gasteiger partial charge on any atom is -0.493 e. The van der Waals surface area contributed by atoms with Gasteiger partial charge in [-0.1, -0.05) is 6.07 Å². The Morgan fingerprint density at radius 3 is 2.80 bits per heavy atom. The summed E-state index contributed by atoms with van der Waals surface area (Å²) in [5.41, 5.74) is 2.07. The molecular formula is C23H26N4O3. The number of carbonyl (C=O) groups excluding carboxylic acids is 1. The predicted molar refractivity (Wildman–Crippen MR) is 112 cm³/mol. The maximum atomic E-state index is 11.3. The maximum Gasteiger partial charge on any atom is 0.229 e. The summed E-state index contributed by atoms with van der Waals surface area (Å²) in [6.07, 6.45) is 8.21. The first-order valence-corrected chi connectivity index (χ1v) is 10.4. The number of hydrogen-bond donors (Lipinski definition) is 1. The number of rotatable bonds is 5. The molecule has 1 N–H and O–H groups in total.